The first kappa shape index (κ1) is 14.9. The fourth-order valence-corrected chi connectivity index (χ4v) is 3.94. The lowest BCUT2D eigenvalue weighted by Gasteiger charge is -2.40. The number of rotatable bonds is 5. The fraction of sp³-hybridized carbons (Fsp3) is 1.00. The minimum atomic E-state index is -3.16. The molecule has 1 aliphatic rings. The normalized spacial score (nSPS) is 26.0. The van der Waals surface area contributed by atoms with E-state index in [2.05, 4.69) is 0 Å². The van der Waals surface area contributed by atoms with Crippen molar-refractivity contribution in [2.24, 2.45) is 5.73 Å². The molecule has 17 heavy (non-hydrogen) atoms. The van der Waals surface area contributed by atoms with E-state index in [1.165, 1.54) is 0 Å². The summed E-state index contributed by atoms with van der Waals surface area (Å²) in [5.41, 5.74) is 4.97. The maximum atomic E-state index is 12.1. The summed E-state index contributed by atoms with van der Waals surface area (Å²) >= 11 is 0. The van der Waals surface area contributed by atoms with Gasteiger partial charge in [-0.05, 0) is 40.2 Å². The molecule has 0 aromatic rings. The number of hydrogen-bond donors (Lipinski definition) is 1. The van der Waals surface area contributed by atoms with Crippen molar-refractivity contribution in [2.75, 3.05) is 25.4 Å². The standard InChI is InChI=1S/C11H24N2O3S/c1-10-8-13(9-11(2,3)16-10)17(14,15)7-5-4-6-12/h10H,4-9,12H2,1-3H3. The van der Waals surface area contributed by atoms with Gasteiger partial charge in [-0.3, -0.25) is 0 Å². The second-order valence-corrected chi connectivity index (χ2v) is 7.38. The van der Waals surface area contributed by atoms with Crippen LogP contribution < -0.4 is 5.73 Å². The van der Waals surface area contributed by atoms with E-state index >= 15 is 0 Å². The lowest BCUT2D eigenvalue weighted by atomic mass is 10.1. The van der Waals surface area contributed by atoms with Crippen LogP contribution in [-0.4, -0.2) is 49.8 Å². The molecule has 0 aliphatic carbocycles. The largest absolute Gasteiger partial charge is 0.370 e. The first-order valence-electron chi connectivity index (χ1n) is 6.12. The van der Waals surface area contributed by atoms with Gasteiger partial charge in [-0.25, -0.2) is 8.42 Å². The van der Waals surface area contributed by atoms with Gasteiger partial charge in [0.2, 0.25) is 10.0 Å². The third-order valence-corrected chi connectivity index (χ3v) is 4.66. The molecule has 1 unspecified atom stereocenters. The van der Waals surface area contributed by atoms with Crippen LogP contribution in [0, 0.1) is 0 Å². The van der Waals surface area contributed by atoms with Crippen LogP contribution in [0.1, 0.15) is 33.6 Å². The summed E-state index contributed by atoms with van der Waals surface area (Å²) in [5, 5.41) is 0. The second-order valence-electron chi connectivity index (χ2n) is 5.29. The van der Waals surface area contributed by atoms with Gasteiger partial charge in [-0.15, -0.1) is 0 Å². The SMILES string of the molecule is CC1CN(S(=O)(=O)CCCCN)CC(C)(C)O1. The zero-order valence-corrected chi connectivity index (χ0v) is 11.8. The Morgan fingerprint density at radius 2 is 2.06 bits per heavy atom. The van der Waals surface area contributed by atoms with Gasteiger partial charge in [0.15, 0.2) is 0 Å². The lowest BCUT2D eigenvalue weighted by Crippen LogP contribution is -2.54. The second kappa shape index (κ2) is 5.65. The van der Waals surface area contributed by atoms with Gasteiger partial charge in [-0.2, -0.15) is 4.31 Å². The van der Waals surface area contributed by atoms with Crippen molar-refractivity contribution in [3.05, 3.63) is 0 Å². The Morgan fingerprint density at radius 1 is 1.41 bits per heavy atom. The highest BCUT2D eigenvalue weighted by atomic mass is 32.2. The quantitative estimate of drug-likeness (QED) is 0.736. The number of sulfonamides is 1. The van der Waals surface area contributed by atoms with E-state index in [4.69, 9.17) is 10.5 Å². The molecule has 1 fully saturated rings. The highest BCUT2D eigenvalue weighted by Gasteiger charge is 2.36. The Morgan fingerprint density at radius 3 is 2.59 bits per heavy atom. The topological polar surface area (TPSA) is 72.6 Å². The van der Waals surface area contributed by atoms with Crippen LogP contribution in [0.25, 0.3) is 0 Å². The van der Waals surface area contributed by atoms with Crippen molar-refractivity contribution in [3.8, 4) is 0 Å². The van der Waals surface area contributed by atoms with Crippen molar-refractivity contribution in [1.82, 2.24) is 4.31 Å². The van der Waals surface area contributed by atoms with Gasteiger partial charge in [0.05, 0.1) is 17.5 Å². The molecule has 0 amide bonds. The summed E-state index contributed by atoms with van der Waals surface area (Å²) in [5.74, 6) is 0.188. The highest BCUT2D eigenvalue weighted by Crippen LogP contribution is 2.23. The van der Waals surface area contributed by atoms with Gasteiger partial charge in [0.1, 0.15) is 0 Å². The Labute approximate surface area is 104 Å². The molecule has 1 rings (SSSR count). The predicted molar refractivity (Wildman–Crippen MR) is 68.3 cm³/mol. The van der Waals surface area contributed by atoms with Crippen LogP contribution in [0.5, 0.6) is 0 Å². The average Bonchev–Trinajstić information content (AvgIpc) is 2.14. The first-order chi connectivity index (χ1) is 7.77. The molecule has 0 radical (unpaired) electrons. The zero-order chi connectivity index (χ0) is 13.1. The number of morpholine rings is 1. The summed E-state index contributed by atoms with van der Waals surface area (Å²) in [6.45, 7) is 7.18. The Kier molecular flexibility index (Phi) is 4.95. The molecule has 1 aliphatic heterocycles. The molecule has 0 aromatic heterocycles. The summed E-state index contributed by atoms with van der Waals surface area (Å²) in [6, 6.07) is 0. The Balaban J connectivity index is 2.64. The molecule has 0 spiro atoms. The van der Waals surface area contributed by atoms with Crippen LogP contribution in [0.3, 0.4) is 0 Å². The van der Waals surface area contributed by atoms with Crippen molar-refractivity contribution in [3.63, 3.8) is 0 Å². The summed E-state index contributed by atoms with van der Waals surface area (Å²) in [4.78, 5) is 0. The van der Waals surface area contributed by atoms with Crippen molar-refractivity contribution < 1.29 is 13.2 Å². The van der Waals surface area contributed by atoms with Gasteiger partial charge in [0.25, 0.3) is 0 Å². The molecule has 102 valence electrons. The average molecular weight is 264 g/mol. The fourth-order valence-electron chi connectivity index (χ4n) is 2.16. The molecule has 5 nitrogen and oxygen atoms in total. The third-order valence-electron chi connectivity index (χ3n) is 2.79. The van der Waals surface area contributed by atoms with Gasteiger partial charge in [-0.1, -0.05) is 0 Å². The van der Waals surface area contributed by atoms with Crippen LogP contribution in [-0.2, 0) is 14.8 Å². The number of unbranched alkanes of at least 4 members (excludes halogenated alkanes) is 1. The van der Waals surface area contributed by atoms with Gasteiger partial charge < -0.3 is 10.5 Å². The van der Waals surface area contributed by atoms with E-state index in [-0.39, 0.29) is 11.9 Å². The lowest BCUT2D eigenvalue weighted by molar-refractivity contribution is -0.109. The van der Waals surface area contributed by atoms with E-state index in [1.54, 1.807) is 4.31 Å². The molecule has 0 saturated carbocycles. The maximum Gasteiger partial charge on any atom is 0.214 e. The third kappa shape index (κ3) is 4.54. The molecule has 1 saturated heterocycles. The summed E-state index contributed by atoms with van der Waals surface area (Å²) in [7, 11) is -3.16. The molecule has 6 heteroatoms. The minimum absolute atomic E-state index is 0.0527. The van der Waals surface area contributed by atoms with E-state index < -0.39 is 15.6 Å². The van der Waals surface area contributed by atoms with Crippen LogP contribution in [0.15, 0.2) is 0 Å². The Hall–Kier alpha value is -0.170. The van der Waals surface area contributed by atoms with Crippen LogP contribution >= 0.6 is 0 Å². The molecule has 0 bridgehead atoms. The van der Waals surface area contributed by atoms with Gasteiger partial charge >= 0.3 is 0 Å². The highest BCUT2D eigenvalue weighted by molar-refractivity contribution is 7.89. The number of nitrogens with two attached hydrogens (primary N) is 1. The molecule has 1 atom stereocenters. The van der Waals surface area contributed by atoms with Crippen LogP contribution in [0.2, 0.25) is 0 Å². The van der Waals surface area contributed by atoms with E-state index in [0.717, 1.165) is 6.42 Å². The molecular weight excluding hydrogens is 240 g/mol. The molecule has 0 aromatic carbocycles. The van der Waals surface area contributed by atoms with E-state index in [9.17, 15) is 8.42 Å². The summed E-state index contributed by atoms with van der Waals surface area (Å²) < 4.78 is 31.5. The van der Waals surface area contributed by atoms with Crippen molar-refractivity contribution in [2.45, 2.75) is 45.3 Å². The monoisotopic (exact) mass is 264 g/mol. The van der Waals surface area contributed by atoms with E-state index in [1.807, 2.05) is 20.8 Å². The first-order valence-corrected chi connectivity index (χ1v) is 7.73. The minimum Gasteiger partial charge on any atom is -0.370 e. The number of ether oxygens (including phenoxy) is 1. The number of nitrogens with zero attached hydrogens (tertiary/aromatic N) is 1. The maximum absolute atomic E-state index is 12.1. The molecule has 2 N–H and O–H groups in total. The molecular formula is C11H24N2O3S. The predicted octanol–water partition coefficient (Wildman–Crippen LogP) is 0.554. The zero-order valence-electron chi connectivity index (χ0n) is 11.0. The van der Waals surface area contributed by atoms with Crippen molar-refractivity contribution >= 4 is 10.0 Å². The molecule has 1 heterocycles. The Bertz CT molecular complexity index is 341. The number of hydrogen-bond acceptors (Lipinski definition) is 4. The van der Waals surface area contributed by atoms with Gasteiger partial charge in [0, 0.05) is 13.1 Å². The van der Waals surface area contributed by atoms with E-state index in [0.29, 0.717) is 26.1 Å². The summed E-state index contributed by atoms with van der Waals surface area (Å²) in [6.07, 6.45) is 1.33. The van der Waals surface area contributed by atoms with Crippen LogP contribution in [0.4, 0.5) is 0 Å². The smallest absolute Gasteiger partial charge is 0.214 e. The van der Waals surface area contributed by atoms with Crippen molar-refractivity contribution in [1.29, 1.82) is 0 Å².